The molecule has 0 saturated heterocycles. The smallest absolute Gasteiger partial charge is 0.332 e. The van der Waals surface area contributed by atoms with Crippen molar-refractivity contribution in [2.75, 3.05) is 0 Å². The molecular weight excluding hydrogens is 207 g/mol. The lowest BCUT2D eigenvalue weighted by Gasteiger charge is -2.07. The van der Waals surface area contributed by atoms with E-state index in [4.69, 9.17) is 10.2 Å². The minimum atomic E-state index is -1.14. The predicted molar refractivity (Wildman–Crippen MR) is 56.7 cm³/mol. The first-order valence-corrected chi connectivity index (χ1v) is 5.16. The van der Waals surface area contributed by atoms with Crippen molar-refractivity contribution < 1.29 is 19.8 Å². The molecule has 0 bridgehead atoms. The molecule has 0 radical (unpaired) electrons. The van der Waals surface area contributed by atoms with Crippen LogP contribution < -0.4 is 0 Å². The van der Waals surface area contributed by atoms with E-state index < -0.39 is 17.9 Å². The highest BCUT2D eigenvalue weighted by Gasteiger charge is 2.21. The Morgan fingerprint density at radius 2 is 1.87 bits per heavy atom. The van der Waals surface area contributed by atoms with Gasteiger partial charge in [0, 0.05) is 5.57 Å². The van der Waals surface area contributed by atoms with Crippen LogP contribution in [0.5, 0.6) is 0 Å². The number of allylic oxidation sites excluding steroid dienone is 1. The Labute approximate surface area is 89.6 Å². The Hall–Kier alpha value is -1.32. The van der Waals surface area contributed by atoms with Crippen molar-refractivity contribution in [2.45, 2.75) is 39.5 Å². The van der Waals surface area contributed by atoms with Crippen molar-refractivity contribution >= 4 is 11.9 Å². The van der Waals surface area contributed by atoms with Crippen LogP contribution >= 0.6 is 0 Å². The van der Waals surface area contributed by atoms with Gasteiger partial charge in [0.25, 0.3) is 0 Å². The van der Waals surface area contributed by atoms with Crippen LogP contribution in [0, 0.1) is 5.92 Å². The third-order valence-electron chi connectivity index (χ3n) is 2.26. The summed E-state index contributed by atoms with van der Waals surface area (Å²) < 4.78 is 0. The van der Waals surface area contributed by atoms with Crippen LogP contribution in [0.2, 0.25) is 0 Å². The van der Waals surface area contributed by atoms with E-state index in [1.54, 1.807) is 0 Å². The monoisotopic (exact) mass is 225 g/mol. The van der Waals surface area contributed by atoms with E-state index in [0.29, 0.717) is 6.42 Å². The van der Waals surface area contributed by atoms with Gasteiger partial charge in [-0.2, -0.15) is 0 Å². The molecule has 0 aliphatic heterocycles. The highest BCUT2D eigenvalue weighted by Crippen LogP contribution is 2.13. The van der Waals surface area contributed by atoms with E-state index in [1.807, 2.05) is 0 Å². The van der Waals surface area contributed by atoms with Gasteiger partial charge in [-0.25, -0.2) is 4.79 Å². The molecule has 0 amide bonds. The van der Waals surface area contributed by atoms with Gasteiger partial charge >= 0.3 is 11.9 Å². The van der Waals surface area contributed by atoms with Crippen molar-refractivity contribution in [2.24, 2.45) is 5.92 Å². The van der Waals surface area contributed by atoms with Crippen LogP contribution in [-0.4, -0.2) is 22.2 Å². The topological polar surface area (TPSA) is 74.6 Å². The van der Waals surface area contributed by atoms with Crippen molar-refractivity contribution in [3.8, 4) is 0 Å². The van der Waals surface area contributed by atoms with Gasteiger partial charge < -0.3 is 10.2 Å². The number of carboxylic acid groups (broad SMARTS) is 2. The molecule has 0 heterocycles. The van der Waals surface area contributed by atoms with Gasteiger partial charge in [-0.3, -0.25) is 4.79 Å². The molecule has 15 heavy (non-hydrogen) atoms. The zero-order valence-corrected chi connectivity index (χ0v) is 9.19. The van der Waals surface area contributed by atoms with Crippen molar-refractivity contribution in [3.05, 3.63) is 11.6 Å². The van der Waals surface area contributed by atoms with Crippen LogP contribution in [0.4, 0.5) is 0 Å². The largest absolute Gasteiger partial charge is 0.481 e. The minimum absolute atomic E-state index is 0.0152. The lowest BCUT2D eigenvalue weighted by Crippen LogP contribution is -2.18. The van der Waals surface area contributed by atoms with E-state index in [0.717, 1.165) is 19.3 Å². The molecule has 0 aromatic carbocycles. The zero-order valence-electron chi connectivity index (χ0n) is 9.19. The number of rotatable bonds is 7. The Morgan fingerprint density at radius 1 is 1.27 bits per heavy atom. The maximum Gasteiger partial charge on any atom is 0.332 e. The molecule has 0 fully saturated rings. The first kappa shape index (κ1) is 13.7. The zero-order chi connectivity index (χ0) is 11.8. The maximum atomic E-state index is 10.8. The average Bonchev–Trinajstić information content (AvgIpc) is 2.16. The van der Waals surface area contributed by atoms with Crippen LogP contribution in [0.1, 0.15) is 39.5 Å². The summed E-state index contributed by atoms with van der Waals surface area (Å²) >= 11 is 0. The SMILES string of the molecule is [13CH3][13CH2][13CH2][13CH2][13CH2]/[13CH]=[13C](/[13C](=O)O)[13CH]([13CH3])[13C](=O)O. The summed E-state index contributed by atoms with van der Waals surface area (Å²) in [5.41, 5.74) is -0.0152. The van der Waals surface area contributed by atoms with Crippen molar-refractivity contribution in [3.63, 3.8) is 0 Å². The second kappa shape index (κ2) is 7.04. The second-order valence-electron chi connectivity index (χ2n) is 3.52. The first-order chi connectivity index (χ1) is 7.00. The third-order valence-corrected chi connectivity index (χ3v) is 2.26. The van der Waals surface area contributed by atoms with E-state index in [1.165, 1.54) is 13.0 Å². The Kier molecular flexibility index (Phi) is 6.42. The number of carbonyl (C=O) groups is 2. The normalized spacial score (nSPS) is 13.6. The fourth-order valence-electron chi connectivity index (χ4n) is 1.23. The van der Waals surface area contributed by atoms with Gasteiger partial charge in [0.2, 0.25) is 0 Å². The Bertz CT molecular complexity index is 255. The van der Waals surface area contributed by atoms with Crippen LogP contribution in [0.3, 0.4) is 0 Å². The fourth-order valence-corrected chi connectivity index (χ4v) is 1.23. The number of carboxylic acids is 2. The molecule has 0 aliphatic rings. The summed E-state index contributed by atoms with van der Waals surface area (Å²) in [5, 5.41) is 17.5. The summed E-state index contributed by atoms with van der Waals surface area (Å²) in [6.45, 7) is 3.45. The molecule has 0 rings (SSSR count). The summed E-state index contributed by atoms with van der Waals surface area (Å²) in [6, 6.07) is 0. The van der Waals surface area contributed by atoms with Gasteiger partial charge in [-0.05, 0) is 19.8 Å². The van der Waals surface area contributed by atoms with Crippen molar-refractivity contribution in [1.82, 2.24) is 0 Å². The number of aliphatic carboxylic acids is 2. The number of hydrogen-bond acceptors (Lipinski definition) is 2. The highest BCUT2D eigenvalue weighted by atomic mass is 16.5. The maximum absolute atomic E-state index is 10.8. The first-order valence-electron chi connectivity index (χ1n) is 5.16. The lowest BCUT2D eigenvalue weighted by atomic mass is 11.0. The van der Waals surface area contributed by atoms with E-state index >= 15 is 0 Å². The average molecular weight is 225 g/mol. The summed E-state index contributed by atoms with van der Waals surface area (Å²) in [4.78, 5) is 21.4. The van der Waals surface area contributed by atoms with Crippen LogP contribution in [0.15, 0.2) is 11.6 Å². The quantitative estimate of drug-likeness (QED) is 0.396. The molecule has 86 valence electrons. The highest BCUT2D eigenvalue weighted by molar-refractivity contribution is 5.93. The molecule has 0 aromatic rings. The number of hydrogen-bond donors (Lipinski definition) is 2. The predicted octanol–water partition coefficient (Wildman–Crippen LogP) is 2.30. The van der Waals surface area contributed by atoms with E-state index in [-0.39, 0.29) is 5.57 Å². The van der Waals surface area contributed by atoms with E-state index in [2.05, 4.69) is 6.92 Å². The van der Waals surface area contributed by atoms with Gasteiger partial charge in [0.1, 0.15) is 0 Å². The van der Waals surface area contributed by atoms with Crippen LogP contribution in [-0.2, 0) is 9.59 Å². The van der Waals surface area contributed by atoms with Crippen LogP contribution in [0.25, 0.3) is 0 Å². The Morgan fingerprint density at radius 3 is 2.27 bits per heavy atom. The molecule has 1 atom stereocenters. The molecule has 4 heteroatoms. The molecular formula is C11H18O4. The van der Waals surface area contributed by atoms with Gasteiger partial charge in [-0.15, -0.1) is 0 Å². The molecule has 2 N–H and O–H groups in total. The summed E-state index contributed by atoms with van der Waals surface area (Å²) in [7, 11) is 0. The Balaban J connectivity index is 4.38. The third kappa shape index (κ3) is 5.20. The van der Waals surface area contributed by atoms with Gasteiger partial charge in [0.05, 0.1) is 5.92 Å². The van der Waals surface area contributed by atoms with Gasteiger partial charge in [0.15, 0.2) is 0 Å². The lowest BCUT2D eigenvalue weighted by molar-refractivity contribution is -0.143. The molecule has 0 spiro atoms. The molecule has 0 saturated carbocycles. The summed E-state index contributed by atoms with van der Waals surface area (Å²) in [6.07, 6.45) is 5.15. The number of unbranched alkanes of at least 4 members (excludes halogenated alkanes) is 3. The molecule has 1 unspecified atom stereocenters. The van der Waals surface area contributed by atoms with Crippen molar-refractivity contribution in [1.29, 1.82) is 0 Å². The minimum Gasteiger partial charge on any atom is -0.481 e. The van der Waals surface area contributed by atoms with Gasteiger partial charge in [-0.1, -0.05) is 25.8 Å². The fraction of sp³-hybridized carbons (Fsp3) is 0.636. The molecule has 0 aromatic heterocycles. The molecule has 4 nitrogen and oxygen atoms in total. The molecule has 0 aliphatic carbocycles. The second-order valence-corrected chi connectivity index (χ2v) is 3.52. The standard InChI is InChI=1S/C11H18O4/c1-3-4-5-6-7-9(11(14)15)8(2)10(12)13/h7-8H,3-6H2,1-2H3,(H,12,13)(H,14,15)/b9-7+/i1+1,2+1,3+1,4+1,5+1,6+1,7+1,8+1,9+1,10+1,11+1. The summed E-state index contributed by atoms with van der Waals surface area (Å²) in [5.74, 6) is -3.18. The van der Waals surface area contributed by atoms with E-state index in [9.17, 15) is 9.59 Å².